The van der Waals surface area contributed by atoms with Crippen molar-refractivity contribution in [2.24, 2.45) is 5.92 Å². The van der Waals surface area contributed by atoms with Gasteiger partial charge in [0.1, 0.15) is 0 Å². The average Bonchev–Trinajstić information content (AvgIpc) is 2.18. The standard InChI is InChI=1S/C10H14N2OS/c1-8(2)3-4-14-10-11-5-9(7-13)6-12-10/h5-8H,3-4H2,1-2H3. The third kappa shape index (κ3) is 3.87. The number of rotatable bonds is 5. The van der Waals surface area contributed by atoms with E-state index in [-0.39, 0.29) is 0 Å². The fourth-order valence-corrected chi connectivity index (χ4v) is 1.87. The smallest absolute Gasteiger partial charge is 0.187 e. The number of carbonyl (C=O) groups excluding carboxylic acids is 1. The van der Waals surface area contributed by atoms with E-state index in [9.17, 15) is 4.79 Å². The molecule has 14 heavy (non-hydrogen) atoms. The molecule has 0 unspecified atom stereocenters. The normalized spacial score (nSPS) is 10.5. The fraction of sp³-hybridized carbons (Fsp3) is 0.500. The molecule has 0 atom stereocenters. The van der Waals surface area contributed by atoms with E-state index in [1.807, 2.05) is 0 Å². The number of aldehydes is 1. The molecule has 0 bridgehead atoms. The van der Waals surface area contributed by atoms with Crippen LogP contribution in [0.1, 0.15) is 30.6 Å². The first-order valence-corrected chi connectivity index (χ1v) is 5.61. The summed E-state index contributed by atoms with van der Waals surface area (Å²) < 4.78 is 0. The molecule has 76 valence electrons. The average molecular weight is 210 g/mol. The summed E-state index contributed by atoms with van der Waals surface area (Å²) >= 11 is 1.63. The molecule has 1 rings (SSSR count). The lowest BCUT2D eigenvalue weighted by atomic mass is 10.2. The molecule has 0 radical (unpaired) electrons. The molecule has 0 aliphatic carbocycles. The number of carbonyl (C=O) groups is 1. The number of hydrogen-bond donors (Lipinski definition) is 0. The Bertz CT molecular complexity index is 285. The zero-order valence-electron chi connectivity index (χ0n) is 8.43. The van der Waals surface area contributed by atoms with Gasteiger partial charge in [0.05, 0.1) is 5.56 Å². The fourth-order valence-electron chi connectivity index (χ4n) is 0.847. The molecule has 0 amide bonds. The van der Waals surface area contributed by atoms with E-state index in [1.165, 1.54) is 0 Å². The summed E-state index contributed by atoms with van der Waals surface area (Å²) in [4.78, 5) is 18.5. The minimum Gasteiger partial charge on any atom is -0.298 e. The Kier molecular flexibility index (Phi) is 4.59. The van der Waals surface area contributed by atoms with Crippen molar-refractivity contribution >= 4 is 18.0 Å². The van der Waals surface area contributed by atoms with Gasteiger partial charge >= 0.3 is 0 Å². The van der Waals surface area contributed by atoms with E-state index in [0.717, 1.165) is 23.6 Å². The van der Waals surface area contributed by atoms with E-state index in [0.29, 0.717) is 11.5 Å². The Hall–Kier alpha value is -0.900. The van der Waals surface area contributed by atoms with Crippen molar-refractivity contribution in [3.05, 3.63) is 18.0 Å². The van der Waals surface area contributed by atoms with Crippen LogP contribution in [-0.2, 0) is 0 Å². The van der Waals surface area contributed by atoms with E-state index in [2.05, 4.69) is 23.8 Å². The lowest BCUT2D eigenvalue weighted by Gasteiger charge is -2.02. The summed E-state index contributed by atoms with van der Waals surface area (Å²) in [6.45, 7) is 4.38. The highest BCUT2D eigenvalue weighted by Crippen LogP contribution is 2.15. The first kappa shape index (κ1) is 11.2. The van der Waals surface area contributed by atoms with Crippen molar-refractivity contribution < 1.29 is 4.79 Å². The van der Waals surface area contributed by atoms with Gasteiger partial charge in [-0.1, -0.05) is 25.6 Å². The van der Waals surface area contributed by atoms with Gasteiger partial charge in [0.2, 0.25) is 0 Å². The molecule has 1 heterocycles. The molecule has 0 aliphatic heterocycles. The highest BCUT2D eigenvalue weighted by molar-refractivity contribution is 7.99. The van der Waals surface area contributed by atoms with Crippen LogP contribution in [0, 0.1) is 5.92 Å². The van der Waals surface area contributed by atoms with Gasteiger partial charge < -0.3 is 0 Å². The minimum atomic E-state index is 0.526. The monoisotopic (exact) mass is 210 g/mol. The summed E-state index contributed by atoms with van der Waals surface area (Å²) in [6, 6.07) is 0. The Morgan fingerprint density at radius 3 is 2.57 bits per heavy atom. The van der Waals surface area contributed by atoms with Crippen LogP contribution in [0.4, 0.5) is 0 Å². The first-order chi connectivity index (χ1) is 6.72. The Balaban J connectivity index is 2.40. The van der Waals surface area contributed by atoms with Gasteiger partial charge in [-0.25, -0.2) is 9.97 Å². The van der Waals surface area contributed by atoms with E-state index < -0.39 is 0 Å². The molecule has 0 spiro atoms. The molecule has 0 saturated carbocycles. The van der Waals surface area contributed by atoms with Gasteiger partial charge in [-0.3, -0.25) is 4.79 Å². The van der Waals surface area contributed by atoms with Gasteiger partial charge in [-0.2, -0.15) is 0 Å². The Morgan fingerprint density at radius 2 is 2.07 bits per heavy atom. The highest BCUT2D eigenvalue weighted by Gasteiger charge is 1.99. The highest BCUT2D eigenvalue weighted by atomic mass is 32.2. The predicted molar refractivity (Wildman–Crippen MR) is 57.6 cm³/mol. The van der Waals surface area contributed by atoms with E-state index in [1.54, 1.807) is 24.2 Å². The Labute approximate surface area is 88.3 Å². The van der Waals surface area contributed by atoms with Crippen molar-refractivity contribution in [1.82, 2.24) is 9.97 Å². The number of aromatic nitrogens is 2. The second-order valence-corrected chi connectivity index (χ2v) is 4.51. The third-order valence-electron chi connectivity index (χ3n) is 1.71. The van der Waals surface area contributed by atoms with Crippen LogP contribution >= 0.6 is 11.8 Å². The van der Waals surface area contributed by atoms with Crippen LogP contribution in [-0.4, -0.2) is 22.0 Å². The molecular weight excluding hydrogens is 196 g/mol. The summed E-state index contributed by atoms with van der Waals surface area (Å²) in [5.41, 5.74) is 0.526. The van der Waals surface area contributed by atoms with Gasteiger partial charge in [0, 0.05) is 18.1 Å². The van der Waals surface area contributed by atoms with Crippen molar-refractivity contribution in [2.75, 3.05) is 5.75 Å². The topological polar surface area (TPSA) is 42.9 Å². The Morgan fingerprint density at radius 1 is 1.43 bits per heavy atom. The maximum absolute atomic E-state index is 10.3. The zero-order chi connectivity index (χ0) is 10.4. The number of thioether (sulfide) groups is 1. The zero-order valence-corrected chi connectivity index (χ0v) is 9.25. The maximum atomic E-state index is 10.3. The quantitative estimate of drug-likeness (QED) is 0.425. The van der Waals surface area contributed by atoms with Crippen LogP contribution in [0.15, 0.2) is 17.6 Å². The van der Waals surface area contributed by atoms with Gasteiger partial charge in [-0.05, 0) is 12.3 Å². The number of hydrogen-bond acceptors (Lipinski definition) is 4. The molecular formula is C10H14N2OS. The molecule has 4 heteroatoms. The van der Waals surface area contributed by atoms with Gasteiger partial charge in [0.25, 0.3) is 0 Å². The van der Waals surface area contributed by atoms with Crippen LogP contribution < -0.4 is 0 Å². The first-order valence-electron chi connectivity index (χ1n) is 4.62. The van der Waals surface area contributed by atoms with Crippen molar-refractivity contribution in [3.8, 4) is 0 Å². The predicted octanol–water partition coefficient (Wildman–Crippen LogP) is 2.43. The van der Waals surface area contributed by atoms with Crippen LogP contribution in [0.3, 0.4) is 0 Å². The largest absolute Gasteiger partial charge is 0.298 e. The second kappa shape index (κ2) is 5.75. The minimum absolute atomic E-state index is 0.526. The summed E-state index contributed by atoms with van der Waals surface area (Å²) in [7, 11) is 0. The van der Waals surface area contributed by atoms with E-state index in [4.69, 9.17) is 0 Å². The molecule has 1 aromatic heterocycles. The molecule has 0 aliphatic rings. The summed E-state index contributed by atoms with van der Waals surface area (Å²) in [5.74, 6) is 1.73. The summed E-state index contributed by atoms with van der Waals surface area (Å²) in [6.07, 6.45) is 5.02. The van der Waals surface area contributed by atoms with Crippen LogP contribution in [0.2, 0.25) is 0 Å². The molecule has 0 saturated heterocycles. The van der Waals surface area contributed by atoms with Gasteiger partial charge in [-0.15, -0.1) is 0 Å². The molecule has 1 aromatic rings. The SMILES string of the molecule is CC(C)CCSc1ncc(C=O)cn1. The van der Waals surface area contributed by atoms with Gasteiger partial charge in [0.15, 0.2) is 11.4 Å². The number of nitrogens with zero attached hydrogens (tertiary/aromatic N) is 2. The summed E-state index contributed by atoms with van der Waals surface area (Å²) in [5, 5.41) is 0.747. The molecule has 3 nitrogen and oxygen atoms in total. The second-order valence-electron chi connectivity index (χ2n) is 3.45. The van der Waals surface area contributed by atoms with Crippen molar-refractivity contribution in [2.45, 2.75) is 25.4 Å². The van der Waals surface area contributed by atoms with Crippen LogP contribution in [0.5, 0.6) is 0 Å². The van der Waals surface area contributed by atoms with Crippen LogP contribution in [0.25, 0.3) is 0 Å². The lowest BCUT2D eigenvalue weighted by Crippen LogP contribution is -1.93. The molecule has 0 fully saturated rings. The van der Waals surface area contributed by atoms with Crippen molar-refractivity contribution in [3.63, 3.8) is 0 Å². The lowest BCUT2D eigenvalue weighted by molar-refractivity contribution is 0.112. The third-order valence-corrected chi connectivity index (χ3v) is 2.62. The van der Waals surface area contributed by atoms with Crippen molar-refractivity contribution in [1.29, 1.82) is 0 Å². The molecule has 0 aromatic carbocycles. The maximum Gasteiger partial charge on any atom is 0.187 e. The molecule has 0 N–H and O–H groups in total. The van der Waals surface area contributed by atoms with E-state index >= 15 is 0 Å².